The summed E-state index contributed by atoms with van der Waals surface area (Å²) in [5, 5.41) is 3.04. The number of carbonyl (C=O) groups excluding carboxylic acids is 2. The summed E-state index contributed by atoms with van der Waals surface area (Å²) in [6, 6.07) is 15.7. The van der Waals surface area contributed by atoms with Crippen LogP contribution in [0.15, 0.2) is 54.6 Å². The Hall–Kier alpha value is -3.21. The number of hydrogen-bond donors (Lipinski definition) is 1. The third-order valence-corrected chi connectivity index (χ3v) is 5.24. The maximum atomic E-state index is 13.3. The van der Waals surface area contributed by atoms with Crippen LogP contribution in [0.1, 0.15) is 63.1 Å². The van der Waals surface area contributed by atoms with E-state index in [9.17, 15) is 14.0 Å². The van der Waals surface area contributed by atoms with Crippen LogP contribution >= 0.6 is 0 Å². The van der Waals surface area contributed by atoms with Gasteiger partial charge in [0.2, 0.25) is 0 Å². The second-order valence-corrected chi connectivity index (χ2v) is 7.31. The molecule has 1 aromatic heterocycles. The molecule has 2 aromatic carbocycles. The number of amides is 1. The Balaban J connectivity index is 1.99. The number of Topliss-reactive ketones (excluding diaryl/α,β-unsaturated/α-hetero) is 1. The first-order valence-electron chi connectivity index (χ1n) is 9.60. The molecule has 3 rings (SSSR count). The van der Waals surface area contributed by atoms with E-state index in [2.05, 4.69) is 5.32 Å². The molecule has 4 nitrogen and oxygen atoms in total. The summed E-state index contributed by atoms with van der Waals surface area (Å²) in [5.74, 6) is -0.632. The van der Waals surface area contributed by atoms with E-state index in [4.69, 9.17) is 0 Å². The van der Waals surface area contributed by atoms with Gasteiger partial charge in [-0.25, -0.2) is 4.39 Å². The maximum Gasteiger partial charge on any atom is 0.268 e. The second-order valence-electron chi connectivity index (χ2n) is 7.31. The van der Waals surface area contributed by atoms with Crippen molar-refractivity contribution in [3.8, 4) is 0 Å². The smallest absolute Gasteiger partial charge is 0.268 e. The van der Waals surface area contributed by atoms with Gasteiger partial charge in [0, 0.05) is 17.8 Å². The summed E-state index contributed by atoms with van der Waals surface area (Å²) in [5.41, 5.74) is 4.26. The van der Waals surface area contributed by atoms with Gasteiger partial charge in [-0.2, -0.15) is 0 Å². The normalized spacial score (nSPS) is 11.9. The fourth-order valence-electron chi connectivity index (χ4n) is 3.77. The number of halogens is 1. The standard InChI is InChI=1S/C24H25FN2O2/c1-15-22(18(4)28)17(3)27(14-19-10-12-21(25)13-11-19)23(15)24(29)26-16(2)20-8-6-5-7-9-20/h5-13,16H,14H2,1-4H3,(H,26,29). The molecule has 0 aliphatic carbocycles. The summed E-state index contributed by atoms with van der Waals surface area (Å²) in [6.07, 6.45) is 0. The van der Waals surface area contributed by atoms with Crippen LogP contribution in [0.5, 0.6) is 0 Å². The summed E-state index contributed by atoms with van der Waals surface area (Å²) in [6.45, 7) is 7.45. The van der Waals surface area contributed by atoms with Gasteiger partial charge < -0.3 is 9.88 Å². The molecule has 0 aliphatic heterocycles. The molecule has 1 N–H and O–H groups in total. The van der Waals surface area contributed by atoms with Crippen LogP contribution < -0.4 is 5.32 Å². The molecule has 150 valence electrons. The highest BCUT2D eigenvalue weighted by molar-refractivity contribution is 6.03. The van der Waals surface area contributed by atoms with Gasteiger partial charge in [-0.1, -0.05) is 42.5 Å². The lowest BCUT2D eigenvalue weighted by Crippen LogP contribution is -2.29. The van der Waals surface area contributed by atoms with Crippen molar-refractivity contribution in [3.05, 3.63) is 94.1 Å². The van der Waals surface area contributed by atoms with Crippen molar-refractivity contribution in [2.45, 2.75) is 40.3 Å². The van der Waals surface area contributed by atoms with Crippen molar-refractivity contribution in [3.63, 3.8) is 0 Å². The minimum atomic E-state index is -0.312. The number of aromatic nitrogens is 1. The molecule has 0 aliphatic rings. The Morgan fingerprint density at radius 1 is 1.03 bits per heavy atom. The van der Waals surface area contributed by atoms with Crippen molar-refractivity contribution in [2.24, 2.45) is 0 Å². The Kier molecular flexibility index (Phi) is 5.97. The van der Waals surface area contributed by atoms with Crippen LogP contribution in [0.2, 0.25) is 0 Å². The highest BCUT2D eigenvalue weighted by atomic mass is 19.1. The SMILES string of the molecule is CC(=O)c1c(C)c(C(=O)NC(C)c2ccccc2)n(Cc2ccc(F)cc2)c1C. The van der Waals surface area contributed by atoms with Crippen molar-refractivity contribution in [2.75, 3.05) is 0 Å². The quantitative estimate of drug-likeness (QED) is 0.601. The van der Waals surface area contributed by atoms with Crippen molar-refractivity contribution in [1.29, 1.82) is 0 Å². The van der Waals surface area contributed by atoms with E-state index in [0.29, 0.717) is 23.4 Å². The third-order valence-electron chi connectivity index (χ3n) is 5.24. The van der Waals surface area contributed by atoms with Crippen LogP contribution in [-0.4, -0.2) is 16.3 Å². The molecule has 0 bridgehead atoms. The van der Waals surface area contributed by atoms with E-state index >= 15 is 0 Å². The van der Waals surface area contributed by atoms with Gasteiger partial charge in [0.15, 0.2) is 5.78 Å². The molecular formula is C24H25FN2O2. The monoisotopic (exact) mass is 392 g/mol. The van der Waals surface area contributed by atoms with Gasteiger partial charge in [-0.05, 0) is 56.5 Å². The molecule has 0 spiro atoms. The molecule has 1 heterocycles. The van der Waals surface area contributed by atoms with E-state index in [-0.39, 0.29) is 23.5 Å². The highest BCUT2D eigenvalue weighted by Crippen LogP contribution is 2.25. The van der Waals surface area contributed by atoms with Crippen molar-refractivity contribution in [1.82, 2.24) is 9.88 Å². The predicted molar refractivity (Wildman–Crippen MR) is 112 cm³/mol. The van der Waals surface area contributed by atoms with E-state index in [1.807, 2.05) is 48.7 Å². The number of nitrogens with zero attached hydrogens (tertiary/aromatic N) is 1. The van der Waals surface area contributed by atoms with Crippen LogP contribution in [-0.2, 0) is 6.54 Å². The molecule has 29 heavy (non-hydrogen) atoms. The number of benzene rings is 2. The number of rotatable bonds is 6. The van der Waals surface area contributed by atoms with Gasteiger partial charge in [0.25, 0.3) is 5.91 Å². The summed E-state index contributed by atoms with van der Waals surface area (Å²) < 4.78 is 15.1. The van der Waals surface area contributed by atoms with Crippen molar-refractivity contribution >= 4 is 11.7 Å². The lowest BCUT2D eigenvalue weighted by molar-refractivity contribution is 0.0929. The molecule has 0 saturated heterocycles. The Morgan fingerprint density at radius 3 is 2.24 bits per heavy atom. The Labute approximate surface area is 170 Å². The number of nitrogens with one attached hydrogen (secondary N) is 1. The van der Waals surface area contributed by atoms with Gasteiger partial charge in [0.1, 0.15) is 11.5 Å². The minimum Gasteiger partial charge on any atom is -0.344 e. The van der Waals surface area contributed by atoms with E-state index in [1.54, 1.807) is 19.1 Å². The molecular weight excluding hydrogens is 367 g/mol. The lowest BCUT2D eigenvalue weighted by atomic mass is 10.1. The first-order valence-corrected chi connectivity index (χ1v) is 9.60. The molecule has 0 fully saturated rings. The zero-order chi connectivity index (χ0) is 21.1. The summed E-state index contributed by atoms with van der Waals surface area (Å²) >= 11 is 0. The van der Waals surface area contributed by atoms with Crippen LogP contribution in [0, 0.1) is 19.7 Å². The van der Waals surface area contributed by atoms with Gasteiger partial charge >= 0.3 is 0 Å². The molecule has 0 radical (unpaired) electrons. The first-order chi connectivity index (χ1) is 13.8. The summed E-state index contributed by atoms with van der Waals surface area (Å²) in [7, 11) is 0. The Bertz CT molecular complexity index is 1040. The fourth-order valence-corrected chi connectivity index (χ4v) is 3.77. The molecule has 1 amide bonds. The molecule has 1 unspecified atom stereocenters. The second kappa shape index (κ2) is 8.43. The number of carbonyl (C=O) groups is 2. The zero-order valence-corrected chi connectivity index (χ0v) is 17.1. The van der Waals surface area contributed by atoms with E-state index in [1.165, 1.54) is 19.1 Å². The van der Waals surface area contributed by atoms with E-state index < -0.39 is 0 Å². The molecule has 0 saturated carbocycles. The average molecular weight is 392 g/mol. The third kappa shape index (κ3) is 4.29. The van der Waals surface area contributed by atoms with E-state index in [0.717, 1.165) is 16.8 Å². The van der Waals surface area contributed by atoms with Crippen LogP contribution in [0.4, 0.5) is 4.39 Å². The Morgan fingerprint density at radius 2 is 1.66 bits per heavy atom. The summed E-state index contributed by atoms with van der Waals surface area (Å²) in [4.78, 5) is 25.4. The maximum absolute atomic E-state index is 13.3. The predicted octanol–water partition coefficient (Wildman–Crippen LogP) is 4.99. The van der Waals surface area contributed by atoms with Gasteiger partial charge in [-0.15, -0.1) is 0 Å². The fraction of sp³-hybridized carbons (Fsp3) is 0.250. The number of hydrogen-bond acceptors (Lipinski definition) is 2. The molecule has 5 heteroatoms. The van der Waals surface area contributed by atoms with Gasteiger partial charge in [-0.3, -0.25) is 9.59 Å². The molecule has 1 atom stereocenters. The van der Waals surface area contributed by atoms with Crippen LogP contribution in [0.25, 0.3) is 0 Å². The van der Waals surface area contributed by atoms with Crippen LogP contribution in [0.3, 0.4) is 0 Å². The average Bonchev–Trinajstić information content (AvgIpc) is 2.94. The van der Waals surface area contributed by atoms with Crippen molar-refractivity contribution < 1.29 is 14.0 Å². The molecule has 3 aromatic rings. The number of ketones is 1. The largest absolute Gasteiger partial charge is 0.344 e. The minimum absolute atomic E-state index is 0.0805. The topological polar surface area (TPSA) is 51.1 Å². The first kappa shape index (κ1) is 20.5. The highest BCUT2D eigenvalue weighted by Gasteiger charge is 2.25. The lowest BCUT2D eigenvalue weighted by Gasteiger charge is -2.17. The zero-order valence-electron chi connectivity index (χ0n) is 17.1. The van der Waals surface area contributed by atoms with Gasteiger partial charge in [0.05, 0.1) is 6.04 Å².